The van der Waals surface area contributed by atoms with E-state index in [1.165, 1.54) is 0 Å². The SMILES string of the molecule is CCNC(=O)C1CNCCN1CC(=O)N1CCOC1=O. The topological polar surface area (TPSA) is 91.0 Å². The minimum atomic E-state index is -0.598. The van der Waals surface area contributed by atoms with Gasteiger partial charge in [-0.2, -0.15) is 0 Å². The number of cyclic esters (lactones) is 1. The number of nitrogens with zero attached hydrogens (tertiary/aromatic N) is 2. The summed E-state index contributed by atoms with van der Waals surface area (Å²) in [5.41, 5.74) is 0. The van der Waals surface area contributed by atoms with Crippen molar-refractivity contribution < 1.29 is 19.1 Å². The van der Waals surface area contributed by atoms with E-state index in [0.29, 0.717) is 26.2 Å². The van der Waals surface area contributed by atoms with E-state index in [-0.39, 0.29) is 37.6 Å². The third kappa shape index (κ3) is 3.26. The second-order valence-corrected chi connectivity index (χ2v) is 4.74. The van der Waals surface area contributed by atoms with E-state index < -0.39 is 6.09 Å². The molecule has 1 unspecified atom stereocenters. The van der Waals surface area contributed by atoms with Gasteiger partial charge in [-0.15, -0.1) is 0 Å². The van der Waals surface area contributed by atoms with E-state index in [2.05, 4.69) is 10.6 Å². The molecule has 0 aromatic carbocycles. The Balaban J connectivity index is 1.96. The first-order chi connectivity index (χ1) is 9.63. The Morgan fingerprint density at radius 1 is 1.45 bits per heavy atom. The molecule has 8 heteroatoms. The Labute approximate surface area is 117 Å². The second-order valence-electron chi connectivity index (χ2n) is 4.74. The van der Waals surface area contributed by atoms with Gasteiger partial charge in [0.25, 0.3) is 0 Å². The summed E-state index contributed by atoms with van der Waals surface area (Å²) in [7, 11) is 0. The van der Waals surface area contributed by atoms with E-state index in [1.807, 2.05) is 6.92 Å². The van der Waals surface area contributed by atoms with Gasteiger partial charge in [0.05, 0.1) is 13.1 Å². The molecule has 8 nitrogen and oxygen atoms in total. The lowest BCUT2D eigenvalue weighted by molar-refractivity contribution is -0.132. The Morgan fingerprint density at radius 3 is 2.90 bits per heavy atom. The first-order valence-corrected chi connectivity index (χ1v) is 6.83. The van der Waals surface area contributed by atoms with Crippen LogP contribution in [0.1, 0.15) is 6.92 Å². The summed E-state index contributed by atoms with van der Waals surface area (Å²) in [6.07, 6.45) is -0.598. The van der Waals surface area contributed by atoms with Gasteiger partial charge in [0.15, 0.2) is 0 Å². The Kier molecular flexibility index (Phi) is 4.91. The molecule has 112 valence electrons. The van der Waals surface area contributed by atoms with E-state index in [9.17, 15) is 14.4 Å². The van der Waals surface area contributed by atoms with Crippen LogP contribution >= 0.6 is 0 Å². The van der Waals surface area contributed by atoms with Crippen LogP contribution in [0.15, 0.2) is 0 Å². The molecule has 0 aromatic rings. The number of hydrogen-bond donors (Lipinski definition) is 2. The summed E-state index contributed by atoms with van der Waals surface area (Å²) in [5, 5.41) is 5.90. The number of amides is 3. The molecule has 0 saturated carbocycles. The number of likely N-dealkylation sites (N-methyl/N-ethyl adjacent to an activating group) is 1. The van der Waals surface area contributed by atoms with Crippen LogP contribution in [0.3, 0.4) is 0 Å². The Bertz CT molecular complexity index is 401. The van der Waals surface area contributed by atoms with E-state index >= 15 is 0 Å². The van der Waals surface area contributed by atoms with Gasteiger partial charge < -0.3 is 15.4 Å². The smallest absolute Gasteiger partial charge is 0.416 e. The lowest BCUT2D eigenvalue weighted by Crippen LogP contribution is -2.59. The minimum absolute atomic E-state index is 0.0541. The molecule has 2 aliphatic heterocycles. The maximum atomic E-state index is 12.1. The lowest BCUT2D eigenvalue weighted by Gasteiger charge is -2.34. The van der Waals surface area contributed by atoms with Crippen LogP contribution in [0.25, 0.3) is 0 Å². The molecule has 2 heterocycles. The van der Waals surface area contributed by atoms with Crippen LogP contribution in [0.2, 0.25) is 0 Å². The number of carbonyl (C=O) groups is 3. The quantitative estimate of drug-likeness (QED) is 0.644. The van der Waals surface area contributed by atoms with Crippen molar-refractivity contribution in [2.45, 2.75) is 13.0 Å². The van der Waals surface area contributed by atoms with Crippen LogP contribution in [0.4, 0.5) is 4.79 Å². The highest BCUT2D eigenvalue weighted by atomic mass is 16.6. The molecule has 0 aromatic heterocycles. The molecule has 0 aliphatic carbocycles. The highest BCUT2D eigenvalue weighted by Crippen LogP contribution is 2.08. The maximum Gasteiger partial charge on any atom is 0.416 e. The second kappa shape index (κ2) is 6.67. The summed E-state index contributed by atoms with van der Waals surface area (Å²) in [6, 6.07) is -0.383. The minimum Gasteiger partial charge on any atom is -0.447 e. The van der Waals surface area contributed by atoms with Gasteiger partial charge in [-0.25, -0.2) is 9.69 Å². The Hall–Kier alpha value is -1.67. The molecule has 0 radical (unpaired) electrons. The average Bonchev–Trinajstić information content (AvgIpc) is 2.86. The Morgan fingerprint density at radius 2 is 2.25 bits per heavy atom. The summed E-state index contributed by atoms with van der Waals surface area (Å²) in [5.74, 6) is -0.416. The van der Waals surface area contributed by atoms with Gasteiger partial charge in [-0.05, 0) is 6.92 Å². The van der Waals surface area contributed by atoms with Gasteiger partial charge in [-0.3, -0.25) is 14.5 Å². The fraction of sp³-hybridized carbons (Fsp3) is 0.750. The zero-order valence-corrected chi connectivity index (χ0v) is 11.6. The molecule has 3 amide bonds. The van der Waals surface area contributed by atoms with Gasteiger partial charge >= 0.3 is 6.09 Å². The fourth-order valence-electron chi connectivity index (χ4n) is 2.37. The number of ether oxygens (including phenoxy) is 1. The molecule has 2 N–H and O–H groups in total. The molecule has 0 spiro atoms. The summed E-state index contributed by atoms with van der Waals surface area (Å²) < 4.78 is 4.74. The first-order valence-electron chi connectivity index (χ1n) is 6.83. The van der Waals surface area contributed by atoms with Crippen molar-refractivity contribution in [3.05, 3.63) is 0 Å². The predicted octanol–water partition coefficient (Wildman–Crippen LogP) is -1.62. The van der Waals surface area contributed by atoms with Crippen molar-refractivity contribution in [3.63, 3.8) is 0 Å². The number of hydrogen-bond acceptors (Lipinski definition) is 6. The summed E-state index contributed by atoms with van der Waals surface area (Å²) >= 11 is 0. The zero-order chi connectivity index (χ0) is 14.5. The number of nitrogens with one attached hydrogen (secondary N) is 2. The third-order valence-electron chi connectivity index (χ3n) is 3.41. The summed E-state index contributed by atoms with van der Waals surface area (Å²) in [6.45, 7) is 4.80. The molecule has 0 bridgehead atoms. The maximum absolute atomic E-state index is 12.1. The van der Waals surface area contributed by atoms with Gasteiger partial charge in [0, 0.05) is 26.2 Å². The monoisotopic (exact) mass is 284 g/mol. The number of carbonyl (C=O) groups excluding carboxylic acids is 3. The van der Waals surface area contributed by atoms with Crippen molar-refractivity contribution in [1.29, 1.82) is 0 Å². The average molecular weight is 284 g/mol. The van der Waals surface area contributed by atoms with E-state index in [1.54, 1.807) is 4.90 Å². The molecular formula is C12H20N4O4. The molecule has 2 aliphatic rings. The number of piperazine rings is 1. The fourth-order valence-corrected chi connectivity index (χ4v) is 2.37. The highest BCUT2D eigenvalue weighted by Gasteiger charge is 2.34. The summed E-state index contributed by atoms with van der Waals surface area (Å²) in [4.78, 5) is 38.3. The van der Waals surface area contributed by atoms with Crippen molar-refractivity contribution in [2.75, 3.05) is 45.9 Å². The molecule has 2 rings (SSSR count). The van der Waals surface area contributed by atoms with Crippen molar-refractivity contribution in [3.8, 4) is 0 Å². The largest absolute Gasteiger partial charge is 0.447 e. The van der Waals surface area contributed by atoms with Crippen LogP contribution < -0.4 is 10.6 Å². The number of rotatable bonds is 4. The predicted molar refractivity (Wildman–Crippen MR) is 70.0 cm³/mol. The zero-order valence-electron chi connectivity index (χ0n) is 11.6. The first kappa shape index (κ1) is 14.7. The van der Waals surface area contributed by atoms with Crippen molar-refractivity contribution in [1.82, 2.24) is 20.4 Å². The van der Waals surface area contributed by atoms with Gasteiger partial charge in [-0.1, -0.05) is 0 Å². The molecular weight excluding hydrogens is 264 g/mol. The van der Waals surface area contributed by atoms with E-state index in [4.69, 9.17) is 4.74 Å². The standard InChI is InChI=1S/C12H20N4O4/c1-2-14-11(18)9-7-13-3-4-15(9)8-10(17)16-5-6-20-12(16)19/h9,13H,2-8H2,1H3,(H,14,18). The van der Waals surface area contributed by atoms with Gasteiger partial charge in [0.1, 0.15) is 12.6 Å². The number of imide groups is 1. The third-order valence-corrected chi connectivity index (χ3v) is 3.41. The van der Waals surface area contributed by atoms with E-state index in [0.717, 1.165) is 4.90 Å². The van der Waals surface area contributed by atoms with Crippen molar-refractivity contribution >= 4 is 17.9 Å². The van der Waals surface area contributed by atoms with Crippen molar-refractivity contribution in [2.24, 2.45) is 0 Å². The lowest BCUT2D eigenvalue weighted by atomic mass is 10.1. The van der Waals surface area contributed by atoms with Crippen LogP contribution in [-0.4, -0.2) is 79.6 Å². The van der Waals surface area contributed by atoms with Crippen LogP contribution in [0, 0.1) is 0 Å². The molecule has 1 atom stereocenters. The van der Waals surface area contributed by atoms with Gasteiger partial charge in [0.2, 0.25) is 11.8 Å². The normalized spacial score (nSPS) is 23.6. The molecule has 2 fully saturated rings. The van der Waals surface area contributed by atoms with Crippen LogP contribution in [0.5, 0.6) is 0 Å². The highest BCUT2D eigenvalue weighted by molar-refractivity contribution is 5.94. The molecule has 2 saturated heterocycles. The van der Waals surface area contributed by atoms with Crippen LogP contribution in [-0.2, 0) is 14.3 Å². The molecule has 20 heavy (non-hydrogen) atoms.